The van der Waals surface area contributed by atoms with E-state index in [-0.39, 0.29) is 17.4 Å². The smallest absolute Gasteiger partial charge is 0.250 e. The van der Waals surface area contributed by atoms with Crippen molar-refractivity contribution in [1.82, 2.24) is 20.2 Å². The number of halogens is 1. The minimum Gasteiger partial charge on any atom is -0.508 e. The Labute approximate surface area is 214 Å². The van der Waals surface area contributed by atoms with Gasteiger partial charge in [-0.25, -0.2) is 5.43 Å². The number of phenols is 1. The van der Waals surface area contributed by atoms with Gasteiger partial charge in [0.15, 0.2) is 11.0 Å². The number of nitrogens with zero attached hydrogens (tertiary/aromatic N) is 4. The Hall–Kier alpha value is -3.38. The van der Waals surface area contributed by atoms with Crippen LogP contribution in [0, 0.1) is 3.57 Å². The number of thioether (sulfide) groups is 1. The fraction of sp³-hybridized carbons (Fsp3) is 0.0833. The number of hydrogen-bond acceptors (Lipinski definition) is 7. The number of para-hydroxylation sites is 1. The molecule has 0 atom stereocenters. The Balaban J connectivity index is 1.42. The molecule has 0 bridgehead atoms. The largest absolute Gasteiger partial charge is 0.508 e. The summed E-state index contributed by atoms with van der Waals surface area (Å²) in [6.07, 6.45) is 1.52. The van der Waals surface area contributed by atoms with Gasteiger partial charge in [0, 0.05) is 14.9 Å². The predicted molar refractivity (Wildman–Crippen MR) is 142 cm³/mol. The zero-order chi connectivity index (χ0) is 23.8. The van der Waals surface area contributed by atoms with Crippen LogP contribution in [0.4, 0.5) is 5.69 Å². The third kappa shape index (κ3) is 6.58. The number of rotatable bonds is 9. The maximum absolute atomic E-state index is 12.3. The fourth-order valence-corrected chi connectivity index (χ4v) is 4.12. The van der Waals surface area contributed by atoms with Crippen LogP contribution in [-0.2, 0) is 11.3 Å². The van der Waals surface area contributed by atoms with E-state index in [0.717, 1.165) is 22.8 Å². The van der Waals surface area contributed by atoms with Gasteiger partial charge in [0.05, 0.1) is 18.5 Å². The molecular formula is C24H21IN6O2S. The predicted octanol–water partition coefficient (Wildman–Crippen LogP) is 4.43. The third-order valence-electron chi connectivity index (χ3n) is 4.64. The molecule has 4 aromatic rings. The summed E-state index contributed by atoms with van der Waals surface area (Å²) in [7, 11) is 0. The lowest BCUT2D eigenvalue weighted by Crippen LogP contribution is -2.20. The van der Waals surface area contributed by atoms with E-state index in [9.17, 15) is 9.90 Å². The van der Waals surface area contributed by atoms with Crippen LogP contribution in [0.5, 0.6) is 5.75 Å². The summed E-state index contributed by atoms with van der Waals surface area (Å²) in [5, 5.41) is 26.0. The monoisotopic (exact) mass is 584 g/mol. The molecule has 3 N–H and O–H groups in total. The normalized spacial score (nSPS) is 11.0. The minimum absolute atomic E-state index is 0.127. The number of carbonyl (C=O) groups excluding carboxylic acids is 1. The highest BCUT2D eigenvalue weighted by molar-refractivity contribution is 14.1. The van der Waals surface area contributed by atoms with Crippen molar-refractivity contribution in [2.24, 2.45) is 5.10 Å². The summed E-state index contributed by atoms with van der Waals surface area (Å²) in [5.74, 6) is 0.773. The second kappa shape index (κ2) is 11.7. The molecule has 0 spiro atoms. The number of aromatic nitrogens is 3. The summed E-state index contributed by atoms with van der Waals surface area (Å²) in [5.41, 5.74) is 5.18. The molecule has 8 nitrogen and oxygen atoms in total. The van der Waals surface area contributed by atoms with Gasteiger partial charge in [-0.1, -0.05) is 30.0 Å². The van der Waals surface area contributed by atoms with Crippen molar-refractivity contribution in [2.45, 2.75) is 11.7 Å². The van der Waals surface area contributed by atoms with Crippen LogP contribution in [0.1, 0.15) is 11.4 Å². The van der Waals surface area contributed by atoms with Crippen molar-refractivity contribution in [3.63, 3.8) is 0 Å². The zero-order valence-electron chi connectivity index (χ0n) is 17.9. The molecule has 0 saturated carbocycles. The summed E-state index contributed by atoms with van der Waals surface area (Å²) in [4.78, 5) is 12.3. The van der Waals surface area contributed by atoms with Gasteiger partial charge in [-0.05, 0) is 88.8 Å². The van der Waals surface area contributed by atoms with E-state index in [1.54, 1.807) is 24.3 Å². The lowest BCUT2D eigenvalue weighted by molar-refractivity contribution is -0.118. The fourth-order valence-electron chi connectivity index (χ4n) is 3.00. The number of nitrogens with one attached hydrogen (secondary N) is 2. The Kier molecular flexibility index (Phi) is 8.15. The van der Waals surface area contributed by atoms with E-state index in [2.05, 4.69) is 48.6 Å². The number of hydrazone groups is 1. The second-order valence-corrected chi connectivity index (χ2v) is 9.29. The van der Waals surface area contributed by atoms with Crippen LogP contribution in [0.15, 0.2) is 89.1 Å². The minimum atomic E-state index is -0.263. The summed E-state index contributed by atoms with van der Waals surface area (Å²) >= 11 is 3.56. The third-order valence-corrected chi connectivity index (χ3v) is 6.29. The van der Waals surface area contributed by atoms with Gasteiger partial charge in [0.2, 0.25) is 0 Å². The van der Waals surface area contributed by atoms with Crippen molar-refractivity contribution in [3.05, 3.63) is 93.8 Å². The SMILES string of the molecule is O=C(CSc1nnc(CNc2ccc(I)cc2)n1-c1ccccc1)NN=Cc1ccc(O)cc1. The highest BCUT2D eigenvalue weighted by atomic mass is 127. The molecule has 0 unspecified atom stereocenters. The molecular weight excluding hydrogens is 563 g/mol. The average Bonchev–Trinajstić information content (AvgIpc) is 3.27. The van der Waals surface area contributed by atoms with E-state index in [4.69, 9.17) is 0 Å². The molecule has 34 heavy (non-hydrogen) atoms. The van der Waals surface area contributed by atoms with E-state index in [1.807, 2.05) is 59.2 Å². The molecule has 172 valence electrons. The molecule has 0 aliphatic rings. The van der Waals surface area contributed by atoms with Gasteiger partial charge in [-0.2, -0.15) is 5.10 Å². The number of phenolic OH excluding ortho intramolecular Hbond substituents is 1. The molecule has 0 aliphatic heterocycles. The van der Waals surface area contributed by atoms with Gasteiger partial charge < -0.3 is 10.4 Å². The van der Waals surface area contributed by atoms with Gasteiger partial charge in [0.1, 0.15) is 5.75 Å². The van der Waals surface area contributed by atoms with Crippen molar-refractivity contribution in [1.29, 1.82) is 0 Å². The maximum Gasteiger partial charge on any atom is 0.250 e. The highest BCUT2D eigenvalue weighted by Gasteiger charge is 2.15. The quantitative estimate of drug-likeness (QED) is 0.116. The number of hydrogen-bond donors (Lipinski definition) is 3. The second-order valence-electron chi connectivity index (χ2n) is 7.10. The van der Waals surface area contributed by atoms with E-state index < -0.39 is 0 Å². The molecule has 0 fully saturated rings. The lowest BCUT2D eigenvalue weighted by Gasteiger charge is -2.11. The molecule has 1 aromatic heterocycles. The van der Waals surface area contributed by atoms with E-state index >= 15 is 0 Å². The average molecular weight is 584 g/mol. The summed E-state index contributed by atoms with van der Waals surface area (Å²) in [6.45, 7) is 0.478. The Morgan fingerprint density at radius 2 is 1.76 bits per heavy atom. The first-order valence-electron chi connectivity index (χ1n) is 10.3. The molecule has 0 radical (unpaired) electrons. The standard InChI is InChI=1S/C24H21IN6O2S/c25-18-8-10-19(11-9-18)26-15-22-28-30-24(31(22)20-4-2-1-3-5-20)34-16-23(33)29-27-14-17-6-12-21(32)13-7-17/h1-14,26,32H,15-16H2,(H,29,33). The first-order chi connectivity index (χ1) is 16.6. The van der Waals surface area contributed by atoms with Crippen molar-refractivity contribution < 1.29 is 9.90 Å². The lowest BCUT2D eigenvalue weighted by atomic mass is 10.2. The van der Waals surface area contributed by atoms with Gasteiger partial charge in [-0.3, -0.25) is 9.36 Å². The molecule has 4 rings (SSSR count). The molecule has 0 aliphatic carbocycles. The zero-order valence-corrected chi connectivity index (χ0v) is 20.9. The van der Waals surface area contributed by atoms with E-state index in [1.165, 1.54) is 21.5 Å². The van der Waals surface area contributed by atoms with Gasteiger partial charge in [0.25, 0.3) is 5.91 Å². The molecule has 0 saturated heterocycles. The summed E-state index contributed by atoms with van der Waals surface area (Å²) in [6, 6.07) is 24.4. The number of benzene rings is 3. The number of amides is 1. The topological polar surface area (TPSA) is 104 Å². The number of anilines is 1. The molecule has 1 amide bonds. The van der Waals surface area contributed by atoms with Crippen LogP contribution in [-0.4, -0.2) is 37.7 Å². The first kappa shape index (κ1) is 23.8. The molecule has 10 heteroatoms. The van der Waals surface area contributed by atoms with Crippen LogP contribution in [0.25, 0.3) is 5.69 Å². The first-order valence-corrected chi connectivity index (χ1v) is 12.4. The Morgan fingerprint density at radius 1 is 1.03 bits per heavy atom. The molecule has 3 aromatic carbocycles. The van der Waals surface area contributed by atoms with Crippen molar-refractivity contribution in [2.75, 3.05) is 11.1 Å². The number of carbonyl (C=O) groups is 1. The van der Waals surface area contributed by atoms with Crippen LogP contribution in [0.3, 0.4) is 0 Å². The van der Waals surface area contributed by atoms with Crippen molar-refractivity contribution in [3.8, 4) is 11.4 Å². The van der Waals surface area contributed by atoms with Crippen LogP contribution < -0.4 is 10.7 Å². The van der Waals surface area contributed by atoms with E-state index in [0.29, 0.717) is 11.7 Å². The van der Waals surface area contributed by atoms with Gasteiger partial charge >= 0.3 is 0 Å². The van der Waals surface area contributed by atoms with Gasteiger partial charge in [-0.15, -0.1) is 10.2 Å². The maximum atomic E-state index is 12.3. The Morgan fingerprint density at radius 3 is 2.50 bits per heavy atom. The highest BCUT2D eigenvalue weighted by Crippen LogP contribution is 2.23. The summed E-state index contributed by atoms with van der Waals surface area (Å²) < 4.78 is 3.11. The van der Waals surface area contributed by atoms with Crippen molar-refractivity contribution >= 4 is 52.2 Å². The molecule has 1 heterocycles. The van der Waals surface area contributed by atoms with Crippen LogP contribution >= 0.6 is 34.4 Å². The van der Waals surface area contributed by atoms with Crippen LogP contribution in [0.2, 0.25) is 0 Å². The Bertz CT molecular complexity index is 1260. The number of aromatic hydroxyl groups is 1.